The van der Waals surface area contributed by atoms with Gasteiger partial charge in [0.1, 0.15) is 5.82 Å². The number of nitrogens with zero attached hydrogens (tertiary/aromatic N) is 2. The van der Waals surface area contributed by atoms with Crippen molar-refractivity contribution < 1.29 is 9.23 Å². The summed E-state index contributed by atoms with van der Waals surface area (Å²) in [5.74, 6) is -0.522. The highest BCUT2D eigenvalue weighted by molar-refractivity contribution is 6.36. The van der Waals surface area contributed by atoms with E-state index < -0.39 is 11.9 Å². The quantitative estimate of drug-likeness (QED) is 0.263. The van der Waals surface area contributed by atoms with Crippen molar-refractivity contribution in [3.05, 3.63) is 111 Å². The summed E-state index contributed by atoms with van der Waals surface area (Å²) in [6, 6.07) is 15.0. The first kappa shape index (κ1) is 22.7. The molecule has 1 atom stereocenters. The number of fused-ring (bicyclic) bond motifs is 2. The maximum Gasteiger partial charge on any atom is 0.150 e. The first-order valence-electron chi connectivity index (χ1n) is 11.2. The van der Waals surface area contributed by atoms with Crippen LogP contribution in [0.25, 0.3) is 22.6 Å². The monoisotopic (exact) mass is 492 g/mol. The van der Waals surface area contributed by atoms with E-state index in [1.165, 1.54) is 17.7 Å². The van der Waals surface area contributed by atoms with E-state index in [2.05, 4.69) is 42.3 Å². The molecule has 6 heteroatoms. The van der Waals surface area contributed by atoms with Gasteiger partial charge in [-0.2, -0.15) is 4.73 Å². The van der Waals surface area contributed by atoms with Crippen molar-refractivity contribution in [3.63, 3.8) is 0 Å². The molecule has 0 saturated carbocycles. The molecule has 1 aliphatic carbocycles. The molecule has 172 valence electrons. The number of halogens is 3. The Morgan fingerprint density at radius 1 is 1.09 bits per heavy atom. The molecular weight excluding hydrogens is 470 g/mol. The molecule has 1 aliphatic rings. The molecule has 2 aromatic heterocycles. The SMILES string of the molecule is CCC1=CC(c2cccc3ncccc23)=Cc2c(ccn2OC(C)c2c(Cl)ccc(F)c2Cl)C1. The van der Waals surface area contributed by atoms with Crippen LogP contribution >= 0.6 is 23.2 Å². The number of aromatic nitrogens is 2. The van der Waals surface area contributed by atoms with Gasteiger partial charge in [-0.25, -0.2) is 4.39 Å². The van der Waals surface area contributed by atoms with Crippen molar-refractivity contribution in [1.29, 1.82) is 0 Å². The summed E-state index contributed by atoms with van der Waals surface area (Å²) in [4.78, 5) is 10.8. The van der Waals surface area contributed by atoms with Crippen molar-refractivity contribution in [3.8, 4) is 0 Å². The van der Waals surface area contributed by atoms with Crippen molar-refractivity contribution >= 4 is 45.8 Å². The van der Waals surface area contributed by atoms with Gasteiger partial charge < -0.3 is 4.84 Å². The van der Waals surface area contributed by atoms with Gasteiger partial charge in [-0.15, -0.1) is 0 Å². The fourth-order valence-corrected chi connectivity index (χ4v) is 5.12. The molecule has 0 saturated heterocycles. The van der Waals surface area contributed by atoms with E-state index in [1.807, 2.05) is 37.5 Å². The molecule has 2 aromatic carbocycles. The third kappa shape index (κ3) is 4.13. The third-order valence-corrected chi connectivity index (χ3v) is 6.93. The molecule has 0 bridgehead atoms. The van der Waals surface area contributed by atoms with Crippen LogP contribution in [0.3, 0.4) is 0 Å². The summed E-state index contributed by atoms with van der Waals surface area (Å²) >= 11 is 12.6. The fourth-order valence-electron chi connectivity index (χ4n) is 4.44. The predicted octanol–water partition coefficient (Wildman–Crippen LogP) is 8.11. The van der Waals surface area contributed by atoms with Crippen LogP contribution in [0.15, 0.2) is 72.6 Å². The molecule has 0 N–H and O–H groups in total. The van der Waals surface area contributed by atoms with Gasteiger partial charge >= 0.3 is 0 Å². The van der Waals surface area contributed by atoms with Gasteiger partial charge in [0.2, 0.25) is 0 Å². The zero-order chi connectivity index (χ0) is 23.8. The van der Waals surface area contributed by atoms with E-state index in [0.717, 1.165) is 46.1 Å². The zero-order valence-corrected chi connectivity index (χ0v) is 20.4. The molecule has 0 fully saturated rings. The lowest BCUT2D eigenvalue weighted by molar-refractivity contribution is 0.0470. The minimum Gasteiger partial charge on any atom is -0.406 e. The largest absolute Gasteiger partial charge is 0.406 e. The summed E-state index contributed by atoms with van der Waals surface area (Å²) in [5.41, 5.74) is 7.00. The maximum absolute atomic E-state index is 14.1. The molecule has 0 aliphatic heterocycles. The molecule has 3 nitrogen and oxygen atoms in total. The number of benzene rings is 2. The van der Waals surface area contributed by atoms with Crippen LogP contribution in [0.5, 0.6) is 0 Å². The van der Waals surface area contributed by atoms with Crippen molar-refractivity contribution in [2.75, 3.05) is 0 Å². The van der Waals surface area contributed by atoms with Crippen LogP contribution in [0.1, 0.15) is 48.8 Å². The first-order chi connectivity index (χ1) is 16.5. The second-order valence-electron chi connectivity index (χ2n) is 8.36. The highest BCUT2D eigenvalue weighted by Crippen LogP contribution is 2.35. The standard InChI is InChI=1S/C28H23Cl2FN2O/c1-3-18-14-19-11-13-33(34-17(2)27-23(29)9-10-24(31)28(27)30)26(19)16-20(15-18)21-6-4-8-25-22(21)7-5-12-32-25/h4-13,15-17H,3,14H2,1-2H3. The Kier molecular flexibility index (Phi) is 6.20. The van der Waals surface area contributed by atoms with Crippen LogP contribution in [-0.2, 0) is 6.42 Å². The Morgan fingerprint density at radius 2 is 1.94 bits per heavy atom. The highest BCUT2D eigenvalue weighted by atomic mass is 35.5. The van der Waals surface area contributed by atoms with E-state index >= 15 is 0 Å². The number of hydrogen-bond donors (Lipinski definition) is 0. The van der Waals surface area contributed by atoms with Gasteiger partial charge in [-0.1, -0.05) is 60.0 Å². The molecule has 0 spiro atoms. The van der Waals surface area contributed by atoms with Crippen LogP contribution in [0.2, 0.25) is 10.0 Å². The van der Waals surface area contributed by atoms with Gasteiger partial charge in [0, 0.05) is 28.4 Å². The minimum absolute atomic E-state index is 0.0207. The molecule has 2 heterocycles. The van der Waals surface area contributed by atoms with Gasteiger partial charge in [0.25, 0.3) is 0 Å². The van der Waals surface area contributed by atoms with Gasteiger partial charge in [-0.05, 0) is 72.9 Å². The fraction of sp³-hybridized carbons (Fsp3) is 0.179. The van der Waals surface area contributed by atoms with E-state index in [9.17, 15) is 4.39 Å². The number of pyridine rings is 1. The Labute approximate surface area is 208 Å². The molecule has 5 rings (SSSR count). The highest BCUT2D eigenvalue weighted by Gasteiger charge is 2.22. The Morgan fingerprint density at radius 3 is 2.76 bits per heavy atom. The Balaban J connectivity index is 1.59. The van der Waals surface area contributed by atoms with E-state index in [4.69, 9.17) is 28.0 Å². The molecule has 0 amide bonds. The van der Waals surface area contributed by atoms with Crippen LogP contribution in [0.4, 0.5) is 4.39 Å². The topological polar surface area (TPSA) is 27.1 Å². The maximum atomic E-state index is 14.1. The molecule has 34 heavy (non-hydrogen) atoms. The lowest BCUT2D eigenvalue weighted by atomic mass is 9.98. The van der Waals surface area contributed by atoms with Gasteiger partial charge in [0.15, 0.2) is 6.10 Å². The van der Waals surface area contributed by atoms with E-state index in [0.29, 0.717) is 10.6 Å². The van der Waals surface area contributed by atoms with Gasteiger partial charge in [0.05, 0.1) is 16.2 Å². The molecular formula is C28H23Cl2FN2O. The second kappa shape index (κ2) is 9.28. The number of rotatable bonds is 5. The summed E-state index contributed by atoms with van der Waals surface area (Å²) in [6.45, 7) is 3.98. The molecule has 1 unspecified atom stereocenters. The summed E-state index contributed by atoms with van der Waals surface area (Å²) in [7, 11) is 0. The third-order valence-electron chi connectivity index (χ3n) is 6.22. The first-order valence-corrected chi connectivity index (χ1v) is 12.0. The minimum atomic E-state index is -0.562. The van der Waals surface area contributed by atoms with Crippen molar-refractivity contribution in [2.24, 2.45) is 0 Å². The average Bonchev–Trinajstić information content (AvgIpc) is 3.09. The van der Waals surface area contributed by atoms with Crippen LogP contribution in [0, 0.1) is 5.82 Å². The molecule has 0 radical (unpaired) electrons. The van der Waals surface area contributed by atoms with Crippen molar-refractivity contribution in [2.45, 2.75) is 32.8 Å². The number of hydrogen-bond acceptors (Lipinski definition) is 2. The average molecular weight is 493 g/mol. The van der Waals surface area contributed by atoms with Crippen LogP contribution in [-0.4, -0.2) is 9.71 Å². The lowest BCUT2D eigenvalue weighted by Gasteiger charge is -2.19. The van der Waals surface area contributed by atoms with Crippen molar-refractivity contribution in [1.82, 2.24) is 9.71 Å². The normalized spacial score (nSPS) is 14.3. The smallest absolute Gasteiger partial charge is 0.150 e. The zero-order valence-electron chi connectivity index (χ0n) is 18.9. The Bertz CT molecular complexity index is 1450. The lowest BCUT2D eigenvalue weighted by Crippen LogP contribution is -2.17. The summed E-state index contributed by atoms with van der Waals surface area (Å²) in [5, 5.41) is 1.44. The summed E-state index contributed by atoms with van der Waals surface area (Å²) in [6.07, 6.45) is 9.30. The van der Waals surface area contributed by atoms with Crippen LogP contribution < -0.4 is 4.84 Å². The number of allylic oxidation sites excluding steroid dienone is 3. The van der Waals surface area contributed by atoms with E-state index in [-0.39, 0.29) is 5.02 Å². The second-order valence-corrected chi connectivity index (χ2v) is 9.15. The molecule has 4 aromatic rings. The van der Waals surface area contributed by atoms with Gasteiger partial charge in [-0.3, -0.25) is 4.98 Å². The Hall–Kier alpha value is -3.08. The summed E-state index contributed by atoms with van der Waals surface area (Å²) < 4.78 is 15.8. The van der Waals surface area contributed by atoms with E-state index in [1.54, 1.807) is 4.73 Å². The predicted molar refractivity (Wildman–Crippen MR) is 138 cm³/mol.